The number of nitrogens with two attached hydrogens (primary N) is 2. The van der Waals surface area contributed by atoms with E-state index in [9.17, 15) is 0 Å². The third kappa shape index (κ3) is 1.93. The van der Waals surface area contributed by atoms with Gasteiger partial charge in [-0.3, -0.25) is 0 Å². The number of ether oxygens (including phenoxy) is 1. The lowest BCUT2D eigenvalue weighted by molar-refractivity contribution is 0.301. The maximum atomic E-state index is 6.26. The largest absolute Gasteiger partial charge is 0.493 e. The summed E-state index contributed by atoms with van der Waals surface area (Å²) >= 11 is 0. The van der Waals surface area contributed by atoms with Gasteiger partial charge in [-0.2, -0.15) is 0 Å². The molecule has 1 aromatic carbocycles. The molecule has 0 radical (unpaired) electrons. The SMILES string of the molecule is CC(C)(CN)C(N)c1ccc2c(c1)CCO2. The summed E-state index contributed by atoms with van der Waals surface area (Å²) in [5, 5.41) is 0. The van der Waals surface area contributed by atoms with E-state index in [-0.39, 0.29) is 11.5 Å². The number of fused-ring (bicyclic) bond motifs is 1. The minimum Gasteiger partial charge on any atom is -0.493 e. The van der Waals surface area contributed by atoms with E-state index in [2.05, 4.69) is 19.9 Å². The molecule has 0 aromatic heterocycles. The average Bonchev–Trinajstić information content (AvgIpc) is 2.74. The molecular weight excluding hydrogens is 200 g/mol. The van der Waals surface area contributed by atoms with Crippen molar-refractivity contribution >= 4 is 0 Å². The van der Waals surface area contributed by atoms with Crippen LogP contribution in [-0.4, -0.2) is 13.2 Å². The molecule has 3 nitrogen and oxygen atoms in total. The average molecular weight is 220 g/mol. The second-order valence-electron chi connectivity index (χ2n) is 5.14. The van der Waals surface area contributed by atoms with Crippen LogP contribution in [0.1, 0.15) is 31.0 Å². The molecule has 4 N–H and O–H groups in total. The molecule has 0 saturated heterocycles. The minimum absolute atomic E-state index is 0.0246. The van der Waals surface area contributed by atoms with Crippen LogP contribution >= 0.6 is 0 Å². The highest BCUT2D eigenvalue weighted by atomic mass is 16.5. The van der Waals surface area contributed by atoms with Crippen LogP contribution < -0.4 is 16.2 Å². The molecule has 3 heteroatoms. The van der Waals surface area contributed by atoms with Crippen LogP contribution in [0.3, 0.4) is 0 Å². The zero-order valence-corrected chi connectivity index (χ0v) is 9.99. The monoisotopic (exact) mass is 220 g/mol. The van der Waals surface area contributed by atoms with Gasteiger partial charge in [-0.25, -0.2) is 0 Å². The molecule has 1 atom stereocenters. The smallest absolute Gasteiger partial charge is 0.122 e. The first-order valence-corrected chi connectivity index (χ1v) is 5.76. The molecule has 0 aliphatic carbocycles. The Morgan fingerprint density at radius 2 is 2.19 bits per heavy atom. The van der Waals surface area contributed by atoms with E-state index in [1.807, 2.05) is 12.1 Å². The molecule has 2 rings (SSSR count). The van der Waals surface area contributed by atoms with Gasteiger partial charge in [-0.1, -0.05) is 26.0 Å². The van der Waals surface area contributed by atoms with Crippen molar-refractivity contribution in [3.8, 4) is 5.75 Å². The van der Waals surface area contributed by atoms with Crippen LogP contribution in [0.25, 0.3) is 0 Å². The molecule has 1 aliphatic rings. The van der Waals surface area contributed by atoms with Gasteiger partial charge < -0.3 is 16.2 Å². The van der Waals surface area contributed by atoms with Crippen molar-refractivity contribution in [3.05, 3.63) is 29.3 Å². The van der Waals surface area contributed by atoms with Crippen molar-refractivity contribution in [2.75, 3.05) is 13.2 Å². The Kier molecular flexibility index (Phi) is 2.91. The van der Waals surface area contributed by atoms with Crippen LogP contribution in [0.5, 0.6) is 5.75 Å². The number of rotatable bonds is 3. The Labute approximate surface area is 96.8 Å². The first-order chi connectivity index (χ1) is 7.54. The summed E-state index contributed by atoms with van der Waals surface area (Å²) in [6.45, 7) is 5.57. The van der Waals surface area contributed by atoms with Crippen molar-refractivity contribution in [3.63, 3.8) is 0 Å². The lowest BCUT2D eigenvalue weighted by Crippen LogP contribution is -2.35. The van der Waals surface area contributed by atoms with Crippen molar-refractivity contribution in [1.82, 2.24) is 0 Å². The Morgan fingerprint density at radius 3 is 2.88 bits per heavy atom. The molecule has 0 bridgehead atoms. The molecule has 16 heavy (non-hydrogen) atoms. The Bertz CT molecular complexity index is 388. The standard InChI is InChI=1S/C13H20N2O/c1-13(2,8-14)12(15)10-3-4-11-9(7-10)5-6-16-11/h3-4,7,12H,5-6,8,14-15H2,1-2H3. The third-order valence-corrected chi connectivity index (χ3v) is 3.44. The van der Waals surface area contributed by atoms with Crippen LogP contribution in [0.2, 0.25) is 0 Å². The summed E-state index contributed by atoms with van der Waals surface area (Å²) in [7, 11) is 0. The van der Waals surface area contributed by atoms with Crippen molar-refractivity contribution in [2.45, 2.75) is 26.3 Å². The number of hydrogen-bond acceptors (Lipinski definition) is 3. The summed E-state index contributed by atoms with van der Waals surface area (Å²) in [5.74, 6) is 1.00. The summed E-state index contributed by atoms with van der Waals surface area (Å²) in [6.07, 6.45) is 0.985. The van der Waals surface area contributed by atoms with E-state index in [0.29, 0.717) is 6.54 Å². The second kappa shape index (κ2) is 4.07. The van der Waals surface area contributed by atoms with E-state index in [4.69, 9.17) is 16.2 Å². The number of benzene rings is 1. The van der Waals surface area contributed by atoms with Gasteiger partial charge in [0.15, 0.2) is 0 Å². The highest BCUT2D eigenvalue weighted by Crippen LogP contribution is 2.34. The van der Waals surface area contributed by atoms with Gasteiger partial charge in [0.1, 0.15) is 5.75 Å². The van der Waals surface area contributed by atoms with Crippen LogP contribution in [0.4, 0.5) is 0 Å². The van der Waals surface area contributed by atoms with E-state index >= 15 is 0 Å². The topological polar surface area (TPSA) is 61.3 Å². The van der Waals surface area contributed by atoms with Crippen molar-refractivity contribution in [2.24, 2.45) is 16.9 Å². The van der Waals surface area contributed by atoms with E-state index < -0.39 is 0 Å². The maximum absolute atomic E-state index is 6.26. The van der Waals surface area contributed by atoms with Crippen molar-refractivity contribution < 1.29 is 4.74 Å². The van der Waals surface area contributed by atoms with Crippen molar-refractivity contribution in [1.29, 1.82) is 0 Å². The van der Waals surface area contributed by atoms with Gasteiger partial charge in [0.25, 0.3) is 0 Å². The molecule has 88 valence electrons. The lowest BCUT2D eigenvalue weighted by atomic mass is 9.81. The first-order valence-electron chi connectivity index (χ1n) is 5.76. The van der Waals surface area contributed by atoms with Gasteiger partial charge >= 0.3 is 0 Å². The predicted molar refractivity (Wildman–Crippen MR) is 65.4 cm³/mol. The fourth-order valence-corrected chi connectivity index (χ4v) is 1.98. The summed E-state index contributed by atoms with van der Waals surface area (Å²) in [5.41, 5.74) is 14.4. The zero-order valence-electron chi connectivity index (χ0n) is 9.99. The first kappa shape index (κ1) is 11.4. The highest BCUT2D eigenvalue weighted by molar-refractivity contribution is 5.41. The van der Waals surface area contributed by atoms with E-state index in [0.717, 1.165) is 24.3 Å². The molecule has 1 aromatic rings. The quantitative estimate of drug-likeness (QED) is 0.813. The summed E-state index contributed by atoms with van der Waals surface area (Å²) in [4.78, 5) is 0. The molecule has 0 fully saturated rings. The van der Waals surface area contributed by atoms with Crippen LogP contribution in [0, 0.1) is 5.41 Å². The second-order valence-corrected chi connectivity index (χ2v) is 5.14. The molecular formula is C13H20N2O. The normalized spacial score (nSPS) is 16.8. The molecule has 0 saturated carbocycles. The third-order valence-electron chi connectivity index (χ3n) is 3.44. The molecule has 0 spiro atoms. The van der Waals surface area contributed by atoms with Crippen LogP contribution in [-0.2, 0) is 6.42 Å². The molecule has 1 aliphatic heterocycles. The highest BCUT2D eigenvalue weighted by Gasteiger charge is 2.27. The maximum Gasteiger partial charge on any atom is 0.122 e. The fourth-order valence-electron chi connectivity index (χ4n) is 1.98. The van der Waals surface area contributed by atoms with Crippen LogP contribution in [0.15, 0.2) is 18.2 Å². The van der Waals surface area contributed by atoms with Gasteiger partial charge in [0, 0.05) is 12.5 Å². The lowest BCUT2D eigenvalue weighted by Gasteiger charge is -2.30. The zero-order chi connectivity index (χ0) is 11.8. The summed E-state index contributed by atoms with van der Waals surface area (Å²) < 4.78 is 5.48. The van der Waals surface area contributed by atoms with Gasteiger partial charge in [0.05, 0.1) is 6.61 Å². The predicted octanol–water partition coefficient (Wildman–Crippen LogP) is 1.61. The minimum atomic E-state index is -0.0757. The van der Waals surface area contributed by atoms with Gasteiger partial charge in [0.2, 0.25) is 0 Å². The van der Waals surface area contributed by atoms with Gasteiger partial charge in [-0.05, 0) is 29.2 Å². The number of hydrogen-bond donors (Lipinski definition) is 2. The van der Waals surface area contributed by atoms with E-state index in [1.165, 1.54) is 5.56 Å². The molecule has 0 amide bonds. The summed E-state index contributed by atoms with van der Waals surface area (Å²) in [6, 6.07) is 6.20. The molecule has 1 unspecified atom stereocenters. The molecule has 1 heterocycles. The van der Waals surface area contributed by atoms with E-state index in [1.54, 1.807) is 0 Å². The Balaban J connectivity index is 2.28. The fraction of sp³-hybridized carbons (Fsp3) is 0.538. The Hall–Kier alpha value is -1.06. The Morgan fingerprint density at radius 1 is 1.44 bits per heavy atom. The van der Waals surface area contributed by atoms with Gasteiger partial charge in [-0.15, -0.1) is 0 Å².